The molecule has 0 saturated heterocycles. The van der Waals surface area contributed by atoms with Gasteiger partial charge in [0.1, 0.15) is 5.82 Å². The summed E-state index contributed by atoms with van der Waals surface area (Å²) >= 11 is 0. The van der Waals surface area contributed by atoms with Gasteiger partial charge in [0, 0.05) is 12.1 Å². The van der Waals surface area contributed by atoms with E-state index in [1.807, 2.05) is 20.8 Å². The molecule has 0 heterocycles. The second kappa shape index (κ2) is 6.57. The maximum Gasteiger partial charge on any atom is 0.416 e. The van der Waals surface area contributed by atoms with Crippen LogP contribution in [0, 0.1) is 5.82 Å². The van der Waals surface area contributed by atoms with Crippen LogP contribution in [0.1, 0.15) is 51.2 Å². The molecule has 0 spiro atoms. The Balaban J connectivity index is 2.98. The van der Waals surface area contributed by atoms with E-state index in [0.29, 0.717) is 6.07 Å². The summed E-state index contributed by atoms with van der Waals surface area (Å²) in [5, 5.41) is 3.21. The zero-order chi connectivity index (χ0) is 15.4. The molecule has 0 aliphatic rings. The minimum absolute atomic E-state index is 0.0821. The number of alkyl halides is 3. The molecule has 0 atom stereocenters. The first-order valence-corrected chi connectivity index (χ1v) is 6.88. The van der Waals surface area contributed by atoms with Gasteiger partial charge < -0.3 is 5.32 Å². The van der Waals surface area contributed by atoms with E-state index >= 15 is 0 Å². The minimum Gasteiger partial charge on any atom is -0.307 e. The van der Waals surface area contributed by atoms with Crippen LogP contribution in [-0.4, -0.2) is 5.54 Å². The van der Waals surface area contributed by atoms with Crippen LogP contribution in [0.15, 0.2) is 18.2 Å². The van der Waals surface area contributed by atoms with Crippen LogP contribution in [0.4, 0.5) is 17.6 Å². The molecule has 0 bridgehead atoms. The molecule has 1 nitrogen and oxygen atoms in total. The summed E-state index contributed by atoms with van der Waals surface area (Å²) in [6, 6.07) is 2.83. The smallest absolute Gasteiger partial charge is 0.307 e. The Morgan fingerprint density at radius 2 is 1.55 bits per heavy atom. The van der Waals surface area contributed by atoms with Gasteiger partial charge in [-0.15, -0.1) is 0 Å². The Bertz CT molecular complexity index is 428. The fourth-order valence-electron chi connectivity index (χ4n) is 2.37. The van der Waals surface area contributed by atoms with Crippen molar-refractivity contribution in [3.63, 3.8) is 0 Å². The summed E-state index contributed by atoms with van der Waals surface area (Å²) in [7, 11) is 0. The van der Waals surface area contributed by atoms with E-state index in [9.17, 15) is 17.6 Å². The quantitative estimate of drug-likeness (QED) is 0.735. The zero-order valence-electron chi connectivity index (χ0n) is 12.1. The summed E-state index contributed by atoms with van der Waals surface area (Å²) in [6.07, 6.45) is -2.03. The summed E-state index contributed by atoms with van der Waals surface area (Å²) in [6.45, 7) is 6.12. The van der Waals surface area contributed by atoms with Crippen LogP contribution >= 0.6 is 0 Å². The Kier molecular flexibility index (Phi) is 5.57. The summed E-state index contributed by atoms with van der Waals surface area (Å²) in [5.41, 5.74) is -0.988. The number of hydrogen-bond acceptors (Lipinski definition) is 1. The number of halogens is 4. The normalized spacial score (nSPS) is 12.8. The lowest BCUT2D eigenvalue weighted by Crippen LogP contribution is -2.43. The third-order valence-corrected chi connectivity index (χ3v) is 4.06. The average molecular weight is 291 g/mol. The Morgan fingerprint density at radius 3 is 2.00 bits per heavy atom. The molecule has 1 N–H and O–H groups in total. The summed E-state index contributed by atoms with van der Waals surface area (Å²) in [4.78, 5) is 0. The number of hydrogen-bond donors (Lipinski definition) is 1. The topological polar surface area (TPSA) is 12.0 Å². The van der Waals surface area contributed by atoms with Gasteiger partial charge in [0.2, 0.25) is 0 Å². The van der Waals surface area contributed by atoms with Crippen molar-refractivity contribution in [1.29, 1.82) is 0 Å². The van der Waals surface area contributed by atoms with Crippen molar-refractivity contribution in [3.05, 3.63) is 35.1 Å². The standard InChI is InChI=1S/C15H21F4N/c1-4-14(5-2,6-3)20-10-11-7-8-12(16)9-13(11)15(17,18)19/h7-9,20H,4-6,10H2,1-3H3. The molecule has 20 heavy (non-hydrogen) atoms. The SMILES string of the molecule is CCC(CC)(CC)NCc1ccc(F)cc1C(F)(F)F. The maximum absolute atomic E-state index is 13.0. The highest BCUT2D eigenvalue weighted by molar-refractivity contribution is 5.30. The largest absolute Gasteiger partial charge is 0.416 e. The molecule has 0 amide bonds. The first-order chi connectivity index (χ1) is 9.28. The molecule has 0 fully saturated rings. The summed E-state index contributed by atoms with van der Waals surface area (Å²) < 4.78 is 51.7. The van der Waals surface area contributed by atoms with Crippen molar-refractivity contribution in [2.24, 2.45) is 0 Å². The van der Waals surface area contributed by atoms with Gasteiger partial charge >= 0.3 is 6.18 Å². The monoisotopic (exact) mass is 291 g/mol. The molecular formula is C15H21F4N. The van der Waals surface area contributed by atoms with Crippen molar-refractivity contribution in [2.75, 3.05) is 0 Å². The lowest BCUT2D eigenvalue weighted by atomic mass is 9.89. The van der Waals surface area contributed by atoms with Gasteiger partial charge in [0.25, 0.3) is 0 Å². The van der Waals surface area contributed by atoms with Gasteiger partial charge in [-0.1, -0.05) is 26.8 Å². The van der Waals surface area contributed by atoms with Crippen LogP contribution < -0.4 is 5.32 Å². The van der Waals surface area contributed by atoms with Gasteiger partial charge in [0.15, 0.2) is 0 Å². The van der Waals surface area contributed by atoms with E-state index in [4.69, 9.17) is 0 Å². The van der Waals surface area contributed by atoms with E-state index in [2.05, 4.69) is 5.32 Å². The zero-order valence-corrected chi connectivity index (χ0v) is 12.1. The minimum atomic E-state index is -4.54. The van der Waals surface area contributed by atoms with Crippen LogP contribution in [0.5, 0.6) is 0 Å². The maximum atomic E-state index is 13.0. The van der Waals surface area contributed by atoms with Crippen molar-refractivity contribution in [2.45, 2.75) is 58.3 Å². The van der Waals surface area contributed by atoms with Gasteiger partial charge in [-0.05, 0) is 37.0 Å². The van der Waals surface area contributed by atoms with Crippen LogP contribution in [0.3, 0.4) is 0 Å². The first-order valence-electron chi connectivity index (χ1n) is 6.88. The molecule has 0 radical (unpaired) electrons. The van der Waals surface area contributed by atoms with Gasteiger partial charge in [-0.2, -0.15) is 13.2 Å². The molecule has 5 heteroatoms. The van der Waals surface area contributed by atoms with E-state index in [0.717, 1.165) is 25.3 Å². The highest BCUT2D eigenvalue weighted by Gasteiger charge is 2.34. The van der Waals surface area contributed by atoms with Gasteiger partial charge in [-0.25, -0.2) is 4.39 Å². The molecule has 0 unspecified atom stereocenters. The van der Waals surface area contributed by atoms with Crippen molar-refractivity contribution >= 4 is 0 Å². The predicted molar refractivity (Wildman–Crippen MR) is 71.8 cm³/mol. The summed E-state index contributed by atoms with van der Waals surface area (Å²) in [5.74, 6) is -0.867. The molecule has 1 aromatic carbocycles. The van der Waals surface area contributed by atoms with Crippen molar-refractivity contribution in [3.8, 4) is 0 Å². The fourth-order valence-corrected chi connectivity index (χ4v) is 2.37. The first kappa shape index (κ1) is 17.0. The second-order valence-electron chi connectivity index (χ2n) is 4.99. The molecule has 1 rings (SSSR count). The second-order valence-corrected chi connectivity index (χ2v) is 4.99. The highest BCUT2D eigenvalue weighted by Crippen LogP contribution is 2.33. The van der Waals surface area contributed by atoms with Gasteiger partial charge in [-0.3, -0.25) is 0 Å². The molecule has 0 aliphatic heterocycles. The molecule has 0 aromatic heterocycles. The average Bonchev–Trinajstić information content (AvgIpc) is 2.41. The number of rotatable bonds is 6. The lowest BCUT2D eigenvalue weighted by Gasteiger charge is -2.32. The Labute approximate surface area is 117 Å². The number of benzene rings is 1. The van der Waals surface area contributed by atoms with Crippen LogP contribution in [0.2, 0.25) is 0 Å². The van der Waals surface area contributed by atoms with Gasteiger partial charge in [0.05, 0.1) is 5.56 Å². The third kappa shape index (κ3) is 3.95. The number of nitrogens with one attached hydrogen (secondary N) is 1. The van der Waals surface area contributed by atoms with Crippen molar-refractivity contribution in [1.82, 2.24) is 5.32 Å². The lowest BCUT2D eigenvalue weighted by molar-refractivity contribution is -0.138. The van der Waals surface area contributed by atoms with E-state index in [1.165, 1.54) is 6.07 Å². The molecule has 114 valence electrons. The molecule has 0 saturated carbocycles. The Hall–Kier alpha value is -1.10. The fraction of sp³-hybridized carbons (Fsp3) is 0.600. The van der Waals surface area contributed by atoms with Crippen LogP contribution in [-0.2, 0) is 12.7 Å². The third-order valence-electron chi connectivity index (χ3n) is 4.06. The molecule has 0 aliphatic carbocycles. The van der Waals surface area contributed by atoms with E-state index in [1.54, 1.807) is 0 Å². The highest BCUT2D eigenvalue weighted by atomic mass is 19.4. The van der Waals surface area contributed by atoms with E-state index in [-0.39, 0.29) is 17.6 Å². The molecular weight excluding hydrogens is 270 g/mol. The Morgan fingerprint density at radius 1 is 1.00 bits per heavy atom. The van der Waals surface area contributed by atoms with Crippen molar-refractivity contribution < 1.29 is 17.6 Å². The molecule has 1 aromatic rings. The van der Waals surface area contributed by atoms with Crippen LogP contribution in [0.25, 0.3) is 0 Å². The predicted octanol–water partition coefficient (Wildman–Crippen LogP) is 4.90. The van der Waals surface area contributed by atoms with E-state index < -0.39 is 17.6 Å².